The SMILES string of the molecule is CN(N)c1nncc(=O)[nH]1. The number of hydrazine groups is 1. The zero-order valence-corrected chi connectivity index (χ0v) is 5.40. The minimum atomic E-state index is -0.317. The smallest absolute Gasteiger partial charge is 0.271 e. The largest absolute Gasteiger partial charge is 0.289 e. The molecule has 10 heavy (non-hydrogen) atoms. The highest BCUT2D eigenvalue weighted by atomic mass is 16.1. The summed E-state index contributed by atoms with van der Waals surface area (Å²) in [5.41, 5.74) is -0.317. The summed E-state index contributed by atoms with van der Waals surface area (Å²) >= 11 is 0. The summed E-state index contributed by atoms with van der Waals surface area (Å²) in [6, 6.07) is 0. The molecule has 0 amide bonds. The maximum absolute atomic E-state index is 10.6. The van der Waals surface area contributed by atoms with Gasteiger partial charge in [-0.15, -0.1) is 10.2 Å². The average Bonchev–Trinajstić information content (AvgIpc) is 1.88. The molecule has 1 aromatic heterocycles. The van der Waals surface area contributed by atoms with Gasteiger partial charge in [0.25, 0.3) is 5.56 Å². The first-order chi connectivity index (χ1) is 4.70. The summed E-state index contributed by atoms with van der Waals surface area (Å²) < 4.78 is 0. The molecule has 0 aliphatic rings. The fourth-order valence-electron chi connectivity index (χ4n) is 0.462. The fraction of sp³-hybridized carbons (Fsp3) is 0.250. The van der Waals surface area contributed by atoms with Gasteiger partial charge in [0, 0.05) is 7.05 Å². The molecule has 6 heteroatoms. The summed E-state index contributed by atoms with van der Waals surface area (Å²) in [5, 5.41) is 8.10. The molecule has 54 valence electrons. The van der Waals surface area contributed by atoms with Crippen molar-refractivity contribution in [2.24, 2.45) is 5.84 Å². The number of nitrogens with one attached hydrogen (secondary N) is 1. The minimum Gasteiger partial charge on any atom is -0.289 e. The number of nitrogens with zero attached hydrogens (tertiary/aromatic N) is 3. The third-order valence-corrected chi connectivity index (χ3v) is 0.897. The Bertz CT molecular complexity index is 266. The van der Waals surface area contributed by atoms with Crippen LogP contribution in [0.5, 0.6) is 0 Å². The number of hydrogen-bond acceptors (Lipinski definition) is 5. The van der Waals surface area contributed by atoms with Crippen molar-refractivity contribution in [3.63, 3.8) is 0 Å². The summed E-state index contributed by atoms with van der Waals surface area (Å²) in [6.07, 6.45) is 1.08. The van der Waals surface area contributed by atoms with Crippen molar-refractivity contribution in [2.75, 3.05) is 12.1 Å². The van der Waals surface area contributed by atoms with E-state index in [0.717, 1.165) is 6.20 Å². The summed E-state index contributed by atoms with van der Waals surface area (Å²) in [6.45, 7) is 0. The maximum atomic E-state index is 10.6. The normalized spacial score (nSPS) is 9.40. The lowest BCUT2D eigenvalue weighted by molar-refractivity contribution is 0.854. The summed E-state index contributed by atoms with van der Waals surface area (Å²) in [7, 11) is 1.56. The highest BCUT2D eigenvalue weighted by Gasteiger charge is 1.95. The second kappa shape index (κ2) is 2.44. The number of H-pyrrole nitrogens is 1. The Morgan fingerprint density at radius 2 is 2.50 bits per heavy atom. The lowest BCUT2D eigenvalue weighted by Crippen LogP contribution is -2.29. The first-order valence-corrected chi connectivity index (χ1v) is 2.60. The molecule has 0 atom stereocenters. The molecule has 3 N–H and O–H groups in total. The molecule has 6 nitrogen and oxygen atoms in total. The van der Waals surface area contributed by atoms with E-state index < -0.39 is 0 Å². The molecule has 0 unspecified atom stereocenters. The second-order valence-electron chi connectivity index (χ2n) is 1.77. The van der Waals surface area contributed by atoms with E-state index in [9.17, 15) is 4.79 Å². The van der Waals surface area contributed by atoms with E-state index >= 15 is 0 Å². The van der Waals surface area contributed by atoms with Gasteiger partial charge in [-0.05, 0) is 0 Å². The monoisotopic (exact) mass is 141 g/mol. The van der Waals surface area contributed by atoms with Crippen LogP contribution >= 0.6 is 0 Å². The Kier molecular flexibility index (Phi) is 1.63. The van der Waals surface area contributed by atoms with Crippen molar-refractivity contribution in [1.82, 2.24) is 15.2 Å². The van der Waals surface area contributed by atoms with Gasteiger partial charge in [-0.1, -0.05) is 0 Å². The molecule has 0 saturated carbocycles. The number of aromatic nitrogens is 3. The third-order valence-electron chi connectivity index (χ3n) is 0.897. The Morgan fingerprint density at radius 1 is 1.80 bits per heavy atom. The van der Waals surface area contributed by atoms with Crippen LogP contribution in [0.4, 0.5) is 5.95 Å². The molecule has 0 aliphatic carbocycles. The standard InChI is InChI=1S/C4H7N5O/c1-9(5)4-7-3(10)2-6-8-4/h2H,5H2,1H3,(H,7,8,10). The number of aromatic amines is 1. The number of rotatable bonds is 1. The van der Waals surface area contributed by atoms with Crippen molar-refractivity contribution in [2.45, 2.75) is 0 Å². The Labute approximate surface area is 56.7 Å². The van der Waals surface area contributed by atoms with E-state index in [1.165, 1.54) is 5.01 Å². The van der Waals surface area contributed by atoms with E-state index in [1.807, 2.05) is 0 Å². The summed E-state index contributed by atoms with van der Waals surface area (Å²) in [5.74, 6) is 5.49. The van der Waals surface area contributed by atoms with Gasteiger partial charge >= 0.3 is 0 Å². The number of nitrogens with two attached hydrogens (primary N) is 1. The molecule has 0 fully saturated rings. The van der Waals surface area contributed by atoms with Crippen molar-refractivity contribution in [3.05, 3.63) is 16.6 Å². The van der Waals surface area contributed by atoms with Gasteiger partial charge < -0.3 is 0 Å². The van der Waals surface area contributed by atoms with Gasteiger partial charge in [-0.2, -0.15) is 0 Å². The zero-order chi connectivity index (χ0) is 7.56. The van der Waals surface area contributed by atoms with E-state index in [1.54, 1.807) is 7.05 Å². The predicted molar refractivity (Wildman–Crippen MR) is 35.2 cm³/mol. The van der Waals surface area contributed by atoms with Gasteiger partial charge in [0.15, 0.2) is 0 Å². The van der Waals surface area contributed by atoms with E-state index in [0.29, 0.717) is 0 Å². The van der Waals surface area contributed by atoms with Crippen LogP contribution in [0, 0.1) is 0 Å². The Morgan fingerprint density at radius 3 is 2.90 bits per heavy atom. The van der Waals surface area contributed by atoms with Crippen LogP contribution in [-0.2, 0) is 0 Å². The maximum Gasteiger partial charge on any atom is 0.271 e. The quantitative estimate of drug-likeness (QED) is 0.366. The second-order valence-corrected chi connectivity index (χ2v) is 1.77. The van der Waals surface area contributed by atoms with Crippen molar-refractivity contribution in [1.29, 1.82) is 0 Å². The fourth-order valence-corrected chi connectivity index (χ4v) is 0.462. The molecule has 0 aromatic carbocycles. The topological polar surface area (TPSA) is 87.9 Å². The first kappa shape index (κ1) is 6.69. The van der Waals surface area contributed by atoms with Gasteiger partial charge in [-0.25, -0.2) is 5.84 Å². The highest BCUT2D eigenvalue weighted by Crippen LogP contribution is 1.89. The van der Waals surface area contributed by atoms with Crippen LogP contribution in [0.3, 0.4) is 0 Å². The molecular formula is C4H7N5O. The molecule has 1 rings (SSSR count). The van der Waals surface area contributed by atoms with Crippen LogP contribution in [0.15, 0.2) is 11.0 Å². The lowest BCUT2D eigenvalue weighted by Gasteiger charge is -2.06. The van der Waals surface area contributed by atoms with E-state index in [-0.39, 0.29) is 11.5 Å². The van der Waals surface area contributed by atoms with Crippen molar-refractivity contribution in [3.8, 4) is 0 Å². The van der Waals surface area contributed by atoms with Crippen molar-refractivity contribution < 1.29 is 0 Å². The van der Waals surface area contributed by atoms with E-state index in [2.05, 4.69) is 15.2 Å². The molecule has 1 aromatic rings. The molecular weight excluding hydrogens is 134 g/mol. The van der Waals surface area contributed by atoms with Gasteiger partial charge in [0.2, 0.25) is 5.95 Å². The molecule has 0 spiro atoms. The number of hydrogen-bond donors (Lipinski definition) is 2. The molecule has 0 radical (unpaired) electrons. The van der Waals surface area contributed by atoms with E-state index in [4.69, 9.17) is 5.84 Å². The molecule has 0 aliphatic heterocycles. The van der Waals surface area contributed by atoms with Crippen LogP contribution in [0.25, 0.3) is 0 Å². The van der Waals surface area contributed by atoms with Crippen molar-refractivity contribution >= 4 is 5.95 Å². The van der Waals surface area contributed by atoms with Gasteiger partial charge in [0.05, 0.1) is 0 Å². The Hall–Kier alpha value is -1.43. The predicted octanol–water partition coefficient (Wildman–Crippen LogP) is -1.53. The highest BCUT2D eigenvalue weighted by molar-refractivity contribution is 5.20. The first-order valence-electron chi connectivity index (χ1n) is 2.60. The third kappa shape index (κ3) is 1.29. The van der Waals surface area contributed by atoms with Gasteiger partial charge in [0.1, 0.15) is 6.20 Å². The minimum absolute atomic E-state index is 0.243. The van der Waals surface area contributed by atoms with Crippen LogP contribution < -0.4 is 16.4 Å². The zero-order valence-electron chi connectivity index (χ0n) is 5.40. The lowest BCUT2D eigenvalue weighted by atomic mass is 10.8. The van der Waals surface area contributed by atoms with Gasteiger partial charge in [-0.3, -0.25) is 14.8 Å². The number of anilines is 1. The van der Waals surface area contributed by atoms with Crippen LogP contribution in [0.1, 0.15) is 0 Å². The average molecular weight is 141 g/mol. The van der Waals surface area contributed by atoms with Crippen LogP contribution in [-0.4, -0.2) is 22.2 Å². The van der Waals surface area contributed by atoms with Crippen LogP contribution in [0.2, 0.25) is 0 Å². The Balaban J connectivity index is 3.07. The molecule has 0 bridgehead atoms. The molecule has 0 saturated heterocycles. The molecule has 1 heterocycles. The summed E-state index contributed by atoms with van der Waals surface area (Å²) in [4.78, 5) is 12.9.